The van der Waals surface area contributed by atoms with Gasteiger partial charge in [-0.05, 0) is 12.1 Å². The minimum absolute atomic E-state index is 0.0379. The van der Waals surface area contributed by atoms with E-state index < -0.39 is 11.8 Å². The van der Waals surface area contributed by atoms with Crippen molar-refractivity contribution in [2.24, 2.45) is 0 Å². The molecule has 0 saturated heterocycles. The van der Waals surface area contributed by atoms with Crippen molar-refractivity contribution >= 4 is 17.0 Å². The van der Waals surface area contributed by atoms with Crippen molar-refractivity contribution in [2.45, 2.75) is 0 Å². The molecule has 0 radical (unpaired) electrons. The van der Waals surface area contributed by atoms with E-state index in [0.717, 1.165) is 0 Å². The summed E-state index contributed by atoms with van der Waals surface area (Å²) in [6.45, 7) is 0. The average molecular weight is 246 g/mol. The fourth-order valence-electron chi connectivity index (χ4n) is 1.64. The van der Waals surface area contributed by atoms with Gasteiger partial charge in [-0.15, -0.1) is 0 Å². The number of benzene rings is 1. The van der Waals surface area contributed by atoms with E-state index in [2.05, 4.69) is 15.1 Å². The first-order valence-corrected chi connectivity index (χ1v) is 5.08. The van der Waals surface area contributed by atoms with Crippen molar-refractivity contribution in [3.63, 3.8) is 0 Å². The molecule has 0 aliphatic carbocycles. The molecule has 3 aromatic rings. The lowest BCUT2D eigenvalue weighted by Gasteiger charge is -1.92. The maximum Gasteiger partial charge on any atom is 0.338 e. The highest BCUT2D eigenvalue weighted by Gasteiger charge is 2.11. The molecular formula is C11H7FN4O2. The van der Waals surface area contributed by atoms with Gasteiger partial charge in [-0.3, -0.25) is 0 Å². The van der Waals surface area contributed by atoms with Crippen LogP contribution >= 0.6 is 0 Å². The van der Waals surface area contributed by atoms with E-state index in [1.54, 1.807) is 12.1 Å². The average Bonchev–Trinajstić information content (AvgIpc) is 2.95. The maximum atomic E-state index is 13.4. The highest BCUT2D eigenvalue weighted by atomic mass is 19.1. The topological polar surface area (TPSA) is 83.8 Å². The minimum Gasteiger partial charge on any atom is -0.478 e. The van der Waals surface area contributed by atoms with Crippen LogP contribution in [0.25, 0.3) is 17.0 Å². The molecule has 0 bridgehead atoms. The van der Waals surface area contributed by atoms with Crippen LogP contribution in [-0.4, -0.2) is 30.8 Å². The Morgan fingerprint density at radius 3 is 2.94 bits per heavy atom. The second-order valence-corrected chi connectivity index (χ2v) is 3.68. The van der Waals surface area contributed by atoms with Gasteiger partial charge in [0.05, 0.1) is 17.3 Å². The molecule has 2 N–H and O–H groups in total. The molecule has 0 amide bonds. The largest absolute Gasteiger partial charge is 0.478 e. The number of hydrogen-bond acceptors (Lipinski definition) is 3. The summed E-state index contributed by atoms with van der Waals surface area (Å²) in [6.07, 6.45) is 2.50. The number of aromatic nitrogens is 4. The van der Waals surface area contributed by atoms with Gasteiger partial charge in [-0.25, -0.2) is 18.9 Å². The third-order valence-electron chi connectivity index (χ3n) is 2.50. The van der Waals surface area contributed by atoms with Gasteiger partial charge in [0.1, 0.15) is 5.52 Å². The number of nitrogens with one attached hydrogen (secondary N) is 1. The van der Waals surface area contributed by atoms with Crippen LogP contribution < -0.4 is 0 Å². The number of aromatic carboxylic acids is 1. The first-order valence-electron chi connectivity index (χ1n) is 5.08. The van der Waals surface area contributed by atoms with Gasteiger partial charge >= 0.3 is 5.97 Å². The van der Waals surface area contributed by atoms with Gasteiger partial charge in [0.25, 0.3) is 0 Å². The van der Waals surface area contributed by atoms with Crippen LogP contribution in [0.1, 0.15) is 10.4 Å². The number of aromatic amines is 1. The number of halogens is 1. The zero-order valence-corrected chi connectivity index (χ0v) is 8.96. The Morgan fingerprint density at radius 1 is 1.44 bits per heavy atom. The highest BCUT2D eigenvalue weighted by Crippen LogP contribution is 2.16. The van der Waals surface area contributed by atoms with E-state index in [0.29, 0.717) is 5.52 Å². The van der Waals surface area contributed by atoms with Crippen molar-refractivity contribution in [2.75, 3.05) is 0 Å². The molecule has 1 aromatic carbocycles. The highest BCUT2D eigenvalue weighted by molar-refractivity contribution is 5.87. The van der Waals surface area contributed by atoms with E-state index in [4.69, 9.17) is 5.11 Å². The number of H-pyrrole nitrogens is 1. The van der Waals surface area contributed by atoms with E-state index in [1.807, 2.05) is 0 Å². The standard InChI is InChI=1S/C11H7FN4O2/c12-7-2-1-3-8-9(7)15-11(14-8)16-5-6(4-13-16)10(17)18/h1-5H,(H,14,15)(H,17,18). The summed E-state index contributed by atoms with van der Waals surface area (Å²) in [5, 5.41) is 12.6. The van der Waals surface area contributed by atoms with E-state index in [1.165, 1.54) is 23.1 Å². The van der Waals surface area contributed by atoms with Crippen molar-refractivity contribution in [1.29, 1.82) is 0 Å². The van der Waals surface area contributed by atoms with Crippen molar-refractivity contribution in [3.8, 4) is 5.95 Å². The Kier molecular flexibility index (Phi) is 2.12. The normalized spacial score (nSPS) is 10.9. The molecule has 0 atom stereocenters. The molecule has 2 heterocycles. The zero-order chi connectivity index (χ0) is 12.7. The van der Waals surface area contributed by atoms with Crippen LogP contribution in [0.4, 0.5) is 4.39 Å². The molecule has 18 heavy (non-hydrogen) atoms. The van der Waals surface area contributed by atoms with Gasteiger partial charge in [-0.2, -0.15) is 5.10 Å². The monoisotopic (exact) mass is 246 g/mol. The molecule has 0 aliphatic heterocycles. The molecule has 0 aliphatic rings. The number of nitrogens with zero attached hydrogens (tertiary/aromatic N) is 3. The van der Waals surface area contributed by atoms with Crippen LogP contribution in [0.15, 0.2) is 30.6 Å². The van der Waals surface area contributed by atoms with E-state index in [9.17, 15) is 9.18 Å². The van der Waals surface area contributed by atoms with Crippen LogP contribution in [0.3, 0.4) is 0 Å². The number of hydrogen-bond donors (Lipinski definition) is 2. The van der Waals surface area contributed by atoms with Crippen LogP contribution in [0.5, 0.6) is 0 Å². The first kappa shape index (κ1) is 10.5. The molecule has 0 unspecified atom stereocenters. The van der Waals surface area contributed by atoms with Gasteiger partial charge in [-0.1, -0.05) is 6.07 Å². The van der Waals surface area contributed by atoms with Gasteiger partial charge in [0.15, 0.2) is 5.82 Å². The smallest absolute Gasteiger partial charge is 0.338 e. The number of imidazole rings is 1. The quantitative estimate of drug-likeness (QED) is 0.719. The number of rotatable bonds is 2. The van der Waals surface area contributed by atoms with Crippen molar-refractivity contribution in [3.05, 3.63) is 42.0 Å². The summed E-state index contributed by atoms with van der Waals surface area (Å²) in [4.78, 5) is 17.6. The summed E-state index contributed by atoms with van der Waals surface area (Å²) < 4.78 is 14.7. The second kappa shape index (κ2) is 3.66. The minimum atomic E-state index is -1.08. The lowest BCUT2D eigenvalue weighted by atomic mass is 10.3. The Morgan fingerprint density at radius 2 is 2.28 bits per heavy atom. The maximum absolute atomic E-state index is 13.4. The molecule has 6 nitrogen and oxygen atoms in total. The lowest BCUT2D eigenvalue weighted by molar-refractivity contribution is 0.0697. The van der Waals surface area contributed by atoms with E-state index >= 15 is 0 Å². The van der Waals surface area contributed by atoms with E-state index in [-0.39, 0.29) is 17.0 Å². The SMILES string of the molecule is O=C(O)c1cnn(-c2nc3c(F)cccc3[nH]2)c1. The fourth-order valence-corrected chi connectivity index (χ4v) is 1.64. The Labute approximate surface area is 99.7 Å². The lowest BCUT2D eigenvalue weighted by Crippen LogP contribution is -1.97. The number of carboxylic acids is 1. The van der Waals surface area contributed by atoms with Gasteiger partial charge in [0, 0.05) is 6.20 Å². The zero-order valence-electron chi connectivity index (χ0n) is 8.96. The van der Waals surface area contributed by atoms with Crippen LogP contribution in [-0.2, 0) is 0 Å². The van der Waals surface area contributed by atoms with Gasteiger partial charge < -0.3 is 10.1 Å². The Balaban J connectivity index is 2.13. The number of fused-ring (bicyclic) bond motifs is 1. The predicted molar refractivity (Wildman–Crippen MR) is 60.1 cm³/mol. The van der Waals surface area contributed by atoms with Crippen molar-refractivity contribution < 1.29 is 14.3 Å². The number of carboxylic acid groups (broad SMARTS) is 1. The molecule has 0 spiro atoms. The molecule has 7 heteroatoms. The molecular weight excluding hydrogens is 239 g/mol. The third-order valence-corrected chi connectivity index (χ3v) is 2.50. The third kappa shape index (κ3) is 1.53. The van der Waals surface area contributed by atoms with Gasteiger partial charge in [0.2, 0.25) is 5.95 Å². The van der Waals surface area contributed by atoms with Crippen molar-refractivity contribution in [1.82, 2.24) is 19.7 Å². The summed E-state index contributed by atoms with van der Waals surface area (Å²) in [5.41, 5.74) is 0.758. The molecule has 0 fully saturated rings. The number of carbonyl (C=O) groups is 1. The summed E-state index contributed by atoms with van der Waals surface area (Å²) in [6, 6.07) is 4.54. The summed E-state index contributed by atoms with van der Waals surface area (Å²) >= 11 is 0. The molecule has 3 rings (SSSR count). The first-order chi connectivity index (χ1) is 8.65. The predicted octanol–water partition coefficient (Wildman–Crippen LogP) is 1.59. The summed E-state index contributed by atoms with van der Waals surface area (Å²) in [5.74, 6) is -1.26. The van der Waals surface area contributed by atoms with Crippen LogP contribution in [0, 0.1) is 5.82 Å². The molecule has 90 valence electrons. The second-order valence-electron chi connectivity index (χ2n) is 3.68. The Hall–Kier alpha value is -2.70. The molecule has 2 aromatic heterocycles. The van der Waals surface area contributed by atoms with Crippen LogP contribution in [0.2, 0.25) is 0 Å². The fraction of sp³-hybridized carbons (Fsp3) is 0. The summed E-state index contributed by atoms with van der Waals surface area (Å²) in [7, 11) is 0. The Bertz CT molecular complexity index is 746. The number of para-hydroxylation sites is 1. The molecule has 0 saturated carbocycles.